The lowest BCUT2D eigenvalue weighted by Crippen LogP contribution is -2.15. The first-order valence-corrected chi connectivity index (χ1v) is 7.26. The maximum absolute atomic E-state index is 11.9. The van der Waals surface area contributed by atoms with Gasteiger partial charge in [-0.05, 0) is 41.3 Å². The number of hydrogen-bond acceptors (Lipinski definition) is 1. The Morgan fingerprint density at radius 1 is 1.09 bits per heavy atom. The van der Waals surface area contributed by atoms with Crippen LogP contribution in [0.3, 0.4) is 0 Å². The zero-order chi connectivity index (χ0) is 15.5. The number of aryl methyl sites for hydroxylation is 1. The van der Waals surface area contributed by atoms with E-state index < -0.39 is 0 Å². The number of aromatic nitrogens is 1. The van der Waals surface area contributed by atoms with Gasteiger partial charge in [-0.3, -0.25) is 4.79 Å². The van der Waals surface area contributed by atoms with Gasteiger partial charge in [-0.25, -0.2) is 0 Å². The van der Waals surface area contributed by atoms with Gasteiger partial charge < -0.3 is 10.3 Å². The second-order valence-electron chi connectivity index (χ2n) is 5.27. The van der Waals surface area contributed by atoms with Crippen molar-refractivity contribution in [1.29, 1.82) is 0 Å². The van der Waals surface area contributed by atoms with E-state index in [-0.39, 0.29) is 5.91 Å². The molecule has 0 bridgehead atoms. The molecule has 2 aromatic carbocycles. The van der Waals surface area contributed by atoms with Gasteiger partial charge in [0.25, 0.3) is 0 Å². The third-order valence-corrected chi connectivity index (χ3v) is 3.81. The highest BCUT2D eigenvalue weighted by Gasteiger charge is 2.09. The number of carbonyl (C=O) groups is 1. The van der Waals surface area contributed by atoms with Crippen LogP contribution in [0.25, 0.3) is 16.5 Å². The number of fused-ring (bicyclic) bond motifs is 1. The molecule has 1 aromatic heterocycles. The minimum absolute atomic E-state index is 0.107. The standard InChI is InChI=1S/C19H18N2O/c1-13-12-21-18-9-8-15(10-16(13)18)17(11-19(22)20-2)14-6-4-3-5-7-14/h3-12,21H,1-2H3,(H,20,22)/b17-11+. The molecule has 0 unspecified atom stereocenters. The largest absolute Gasteiger partial charge is 0.361 e. The van der Waals surface area contributed by atoms with Crippen molar-refractivity contribution in [3.8, 4) is 0 Å². The van der Waals surface area contributed by atoms with Crippen LogP contribution in [-0.4, -0.2) is 17.9 Å². The van der Waals surface area contributed by atoms with Crippen molar-refractivity contribution < 1.29 is 4.79 Å². The SMILES string of the molecule is CNC(=O)/C=C(\c1ccccc1)c1ccc2[nH]cc(C)c2c1. The first-order valence-electron chi connectivity index (χ1n) is 7.26. The van der Waals surface area contributed by atoms with E-state index in [1.165, 1.54) is 10.9 Å². The first-order chi connectivity index (χ1) is 10.7. The van der Waals surface area contributed by atoms with E-state index in [0.29, 0.717) is 0 Å². The Balaban J connectivity index is 2.17. The van der Waals surface area contributed by atoms with Gasteiger partial charge in [0.2, 0.25) is 5.91 Å². The van der Waals surface area contributed by atoms with Gasteiger partial charge in [0.15, 0.2) is 0 Å². The first kappa shape index (κ1) is 14.1. The molecule has 3 nitrogen and oxygen atoms in total. The normalized spacial score (nSPS) is 11.6. The van der Waals surface area contributed by atoms with E-state index in [2.05, 4.69) is 29.4 Å². The van der Waals surface area contributed by atoms with Crippen LogP contribution in [0.15, 0.2) is 60.8 Å². The Morgan fingerprint density at radius 3 is 2.59 bits per heavy atom. The molecule has 22 heavy (non-hydrogen) atoms. The molecule has 0 spiro atoms. The molecule has 0 radical (unpaired) electrons. The van der Waals surface area contributed by atoms with Crippen molar-refractivity contribution in [3.63, 3.8) is 0 Å². The number of carbonyl (C=O) groups excluding carboxylic acids is 1. The molecule has 110 valence electrons. The summed E-state index contributed by atoms with van der Waals surface area (Å²) in [5.41, 5.74) is 5.28. The molecule has 0 aliphatic rings. The quantitative estimate of drug-likeness (QED) is 0.710. The van der Waals surface area contributed by atoms with E-state index in [9.17, 15) is 4.79 Å². The molecule has 2 N–H and O–H groups in total. The number of likely N-dealkylation sites (N-methyl/N-ethyl adjacent to an activating group) is 1. The monoisotopic (exact) mass is 290 g/mol. The Labute approximate surface area is 129 Å². The lowest BCUT2D eigenvalue weighted by molar-refractivity contribution is -0.116. The fraction of sp³-hybridized carbons (Fsp3) is 0.105. The van der Waals surface area contributed by atoms with Crippen molar-refractivity contribution in [2.24, 2.45) is 0 Å². The second kappa shape index (κ2) is 5.90. The minimum Gasteiger partial charge on any atom is -0.361 e. The molecule has 0 fully saturated rings. The number of H-pyrrole nitrogens is 1. The van der Waals surface area contributed by atoms with Gasteiger partial charge in [0, 0.05) is 30.2 Å². The molecule has 3 rings (SSSR count). The topological polar surface area (TPSA) is 44.9 Å². The Bertz CT molecular complexity index is 844. The number of hydrogen-bond donors (Lipinski definition) is 2. The zero-order valence-corrected chi connectivity index (χ0v) is 12.7. The van der Waals surface area contributed by atoms with Crippen molar-refractivity contribution >= 4 is 22.4 Å². The van der Waals surface area contributed by atoms with Gasteiger partial charge in [-0.2, -0.15) is 0 Å². The summed E-state index contributed by atoms with van der Waals surface area (Å²) in [5.74, 6) is -0.107. The summed E-state index contributed by atoms with van der Waals surface area (Å²) in [7, 11) is 1.64. The van der Waals surface area contributed by atoms with Crippen LogP contribution < -0.4 is 5.32 Å². The molecule has 0 saturated heterocycles. The molecular weight excluding hydrogens is 272 g/mol. The van der Waals surface area contributed by atoms with Gasteiger partial charge in [-0.1, -0.05) is 36.4 Å². The van der Waals surface area contributed by atoms with Crippen molar-refractivity contribution in [2.75, 3.05) is 7.05 Å². The van der Waals surface area contributed by atoms with Crippen LogP contribution in [0.4, 0.5) is 0 Å². The number of rotatable bonds is 3. The zero-order valence-electron chi connectivity index (χ0n) is 12.7. The third kappa shape index (κ3) is 2.66. The Kier molecular flexibility index (Phi) is 3.79. The maximum Gasteiger partial charge on any atom is 0.244 e. The average molecular weight is 290 g/mol. The van der Waals surface area contributed by atoms with Gasteiger partial charge in [0.1, 0.15) is 0 Å². The second-order valence-corrected chi connectivity index (χ2v) is 5.27. The highest BCUT2D eigenvalue weighted by Crippen LogP contribution is 2.27. The molecule has 1 heterocycles. The van der Waals surface area contributed by atoms with Crippen LogP contribution >= 0.6 is 0 Å². The summed E-state index contributed by atoms with van der Waals surface area (Å²) in [6.45, 7) is 2.08. The fourth-order valence-corrected chi connectivity index (χ4v) is 2.58. The smallest absolute Gasteiger partial charge is 0.244 e. The molecule has 3 aromatic rings. The third-order valence-electron chi connectivity index (χ3n) is 3.81. The highest BCUT2D eigenvalue weighted by atomic mass is 16.1. The summed E-state index contributed by atoms with van der Waals surface area (Å²) in [6.07, 6.45) is 3.65. The predicted octanol–water partition coefficient (Wildman–Crippen LogP) is 3.65. The molecule has 0 saturated carbocycles. The summed E-state index contributed by atoms with van der Waals surface area (Å²) in [4.78, 5) is 15.1. The van der Waals surface area contributed by atoms with Crippen LogP contribution in [0, 0.1) is 6.92 Å². The summed E-state index contributed by atoms with van der Waals surface area (Å²) in [5, 5.41) is 3.83. The van der Waals surface area contributed by atoms with E-state index >= 15 is 0 Å². The number of aromatic amines is 1. The van der Waals surface area contributed by atoms with E-state index in [1.54, 1.807) is 13.1 Å². The van der Waals surface area contributed by atoms with Crippen LogP contribution in [0.1, 0.15) is 16.7 Å². The Morgan fingerprint density at radius 2 is 1.86 bits per heavy atom. The van der Waals surface area contributed by atoms with Gasteiger partial charge in [-0.15, -0.1) is 0 Å². The summed E-state index contributed by atoms with van der Waals surface area (Å²) < 4.78 is 0. The highest BCUT2D eigenvalue weighted by molar-refractivity contribution is 6.00. The molecule has 1 amide bonds. The maximum atomic E-state index is 11.9. The van der Waals surface area contributed by atoms with Crippen LogP contribution in [0.2, 0.25) is 0 Å². The van der Waals surface area contributed by atoms with Crippen molar-refractivity contribution in [2.45, 2.75) is 6.92 Å². The lowest BCUT2D eigenvalue weighted by atomic mass is 9.96. The minimum atomic E-state index is -0.107. The molecule has 3 heteroatoms. The van der Waals surface area contributed by atoms with Crippen LogP contribution in [-0.2, 0) is 4.79 Å². The number of nitrogens with one attached hydrogen (secondary N) is 2. The molecular formula is C19H18N2O. The Hall–Kier alpha value is -2.81. The summed E-state index contributed by atoms with van der Waals surface area (Å²) in [6, 6.07) is 16.2. The predicted molar refractivity (Wildman–Crippen MR) is 90.6 cm³/mol. The molecule has 0 aliphatic heterocycles. The van der Waals surface area contributed by atoms with Crippen molar-refractivity contribution in [3.05, 3.63) is 77.5 Å². The van der Waals surface area contributed by atoms with E-state index in [4.69, 9.17) is 0 Å². The van der Waals surface area contributed by atoms with Crippen molar-refractivity contribution in [1.82, 2.24) is 10.3 Å². The van der Waals surface area contributed by atoms with E-state index in [1.807, 2.05) is 42.6 Å². The van der Waals surface area contributed by atoms with Gasteiger partial charge in [0.05, 0.1) is 0 Å². The summed E-state index contributed by atoms with van der Waals surface area (Å²) >= 11 is 0. The average Bonchev–Trinajstić information content (AvgIpc) is 2.94. The number of benzene rings is 2. The van der Waals surface area contributed by atoms with E-state index in [0.717, 1.165) is 22.2 Å². The number of amides is 1. The fourth-order valence-electron chi connectivity index (χ4n) is 2.58. The van der Waals surface area contributed by atoms with Crippen LogP contribution in [0.5, 0.6) is 0 Å². The molecule has 0 atom stereocenters. The lowest BCUT2D eigenvalue weighted by Gasteiger charge is -2.09. The molecule has 0 aliphatic carbocycles. The van der Waals surface area contributed by atoms with Gasteiger partial charge >= 0.3 is 0 Å².